The summed E-state index contributed by atoms with van der Waals surface area (Å²) in [5, 5.41) is 0. The second-order valence-corrected chi connectivity index (χ2v) is 3.91. The summed E-state index contributed by atoms with van der Waals surface area (Å²) in [6.45, 7) is 0.425. The second kappa shape index (κ2) is 4.48. The number of rotatable bonds is 2. The Kier molecular flexibility index (Phi) is 3.03. The Morgan fingerprint density at radius 3 is 2.94 bits per heavy atom. The van der Waals surface area contributed by atoms with Crippen molar-refractivity contribution in [2.75, 3.05) is 6.54 Å². The van der Waals surface area contributed by atoms with Crippen LogP contribution in [-0.4, -0.2) is 34.3 Å². The van der Waals surface area contributed by atoms with Gasteiger partial charge in [0.15, 0.2) is 5.82 Å². The number of amides is 2. The van der Waals surface area contributed by atoms with Crippen LogP contribution in [0.5, 0.6) is 0 Å². The summed E-state index contributed by atoms with van der Waals surface area (Å²) in [5.41, 5.74) is 5.13. The molecule has 2 heterocycles. The molecule has 1 unspecified atom stereocenters. The third-order valence-electron chi connectivity index (χ3n) is 2.84. The number of pyridine rings is 1. The summed E-state index contributed by atoms with van der Waals surface area (Å²) >= 11 is 0. The van der Waals surface area contributed by atoms with Gasteiger partial charge in [-0.25, -0.2) is 4.39 Å². The van der Waals surface area contributed by atoms with Crippen LogP contribution in [0.2, 0.25) is 0 Å². The molecule has 1 aromatic rings. The lowest BCUT2D eigenvalue weighted by atomic mass is 10.2. The number of hydrogen-bond donors (Lipinski definition) is 1. The summed E-state index contributed by atoms with van der Waals surface area (Å²) in [6.07, 6.45) is 3.55. The maximum absolute atomic E-state index is 13.4. The Bertz CT molecular complexity index is 464. The SMILES string of the molecule is NC(=O)C1CCCN1C(=O)c1ccncc1F. The summed E-state index contributed by atoms with van der Waals surface area (Å²) in [5.74, 6) is -1.75. The van der Waals surface area contributed by atoms with Gasteiger partial charge in [0.2, 0.25) is 5.91 Å². The Balaban J connectivity index is 2.26. The molecule has 17 heavy (non-hydrogen) atoms. The number of halogens is 1. The third-order valence-corrected chi connectivity index (χ3v) is 2.84. The monoisotopic (exact) mass is 237 g/mol. The zero-order chi connectivity index (χ0) is 12.4. The predicted octanol–water partition coefficient (Wildman–Crippen LogP) is 0.311. The average Bonchev–Trinajstić information content (AvgIpc) is 2.77. The Labute approximate surface area is 97.4 Å². The highest BCUT2D eigenvalue weighted by Gasteiger charge is 2.33. The van der Waals surface area contributed by atoms with Gasteiger partial charge in [-0.3, -0.25) is 14.6 Å². The third kappa shape index (κ3) is 2.11. The van der Waals surface area contributed by atoms with Gasteiger partial charge < -0.3 is 10.6 Å². The minimum atomic E-state index is -0.687. The van der Waals surface area contributed by atoms with Crippen LogP contribution < -0.4 is 5.73 Å². The highest BCUT2D eigenvalue weighted by Crippen LogP contribution is 2.20. The van der Waals surface area contributed by atoms with E-state index in [4.69, 9.17) is 5.73 Å². The highest BCUT2D eigenvalue weighted by atomic mass is 19.1. The smallest absolute Gasteiger partial charge is 0.257 e. The summed E-state index contributed by atoms with van der Waals surface area (Å²) < 4.78 is 13.4. The molecule has 5 nitrogen and oxygen atoms in total. The molecule has 0 aliphatic carbocycles. The first kappa shape index (κ1) is 11.5. The van der Waals surface area contributed by atoms with Gasteiger partial charge in [-0.2, -0.15) is 0 Å². The molecule has 0 bridgehead atoms. The first-order valence-corrected chi connectivity index (χ1v) is 5.31. The van der Waals surface area contributed by atoms with Gasteiger partial charge >= 0.3 is 0 Å². The fourth-order valence-electron chi connectivity index (χ4n) is 2.01. The number of nitrogens with two attached hydrogens (primary N) is 1. The van der Waals surface area contributed by atoms with Crippen LogP contribution in [0.4, 0.5) is 4.39 Å². The number of hydrogen-bond acceptors (Lipinski definition) is 3. The molecule has 2 rings (SSSR count). The average molecular weight is 237 g/mol. The quantitative estimate of drug-likeness (QED) is 0.804. The van der Waals surface area contributed by atoms with Crippen LogP contribution in [0.3, 0.4) is 0 Å². The van der Waals surface area contributed by atoms with E-state index in [1.165, 1.54) is 17.2 Å². The zero-order valence-electron chi connectivity index (χ0n) is 9.10. The Morgan fingerprint density at radius 1 is 1.53 bits per heavy atom. The molecule has 2 amide bonds. The van der Waals surface area contributed by atoms with E-state index in [2.05, 4.69) is 4.98 Å². The lowest BCUT2D eigenvalue weighted by Crippen LogP contribution is -2.43. The molecule has 6 heteroatoms. The maximum atomic E-state index is 13.4. The Hall–Kier alpha value is -1.98. The number of aromatic nitrogens is 1. The van der Waals surface area contributed by atoms with Gasteiger partial charge in [0, 0.05) is 12.7 Å². The van der Waals surface area contributed by atoms with Gasteiger partial charge in [0.1, 0.15) is 6.04 Å². The van der Waals surface area contributed by atoms with Gasteiger partial charge in [-0.05, 0) is 18.9 Å². The van der Waals surface area contributed by atoms with E-state index in [-0.39, 0.29) is 5.56 Å². The molecule has 0 saturated carbocycles. The molecule has 1 atom stereocenters. The normalized spacial score (nSPS) is 19.4. The van der Waals surface area contributed by atoms with Crippen molar-refractivity contribution in [3.8, 4) is 0 Å². The van der Waals surface area contributed by atoms with Gasteiger partial charge in [-0.15, -0.1) is 0 Å². The van der Waals surface area contributed by atoms with Crippen LogP contribution in [0.1, 0.15) is 23.2 Å². The van der Waals surface area contributed by atoms with Crippen molar-refractivity contribution in [1.29, 1.82) is 0 Å². The molecule has 1 saturated heterocycles. The minimum Gasteiger partial charge on any atom is -0.368 e. The van der Waals surface area contributed by atoms with E-state index in [9.17, 15) is 14.0 Å². The molecule has 0 radical (unpaired) electrons. The van der Waals surface area contributed by atoms with Crippen LogP contribution in [-0.2, 0) is 4.79 Å². The van der Waals surface area contributed by atoms with Crippen LogP contribution >= 0.6 is 0 Å². The summed E-state index contributed by atoms with van der Waals surface area (Å²) in [6, 6.07) is 0.670. The molecule has 1 aromatic heterocycles. The molecule has 90 valence electrons. The summed E-state index contributed by atoms with van der Waals surface area (Å²) in [7, 11) is 0. The zero-order valence-corrected chi connectivity index (χ0v) is 9.10. The lowest BCUT2D eigenvalue weighted by molar-refractivity contribution is -0.121. The van der Waals surface area contributed by atoms with Gasteiger partial charge in [0.05, 0.1) is 11.8 Å². The number of nitrogens with zero attached hydrogens (tertiary/aromatic N) is 2. The van der Waals surface area contributed by atoms with E-state index >= 15 is 0 Å². The Morgan fingerprint density at radius 2 is 2.29 bits per heavy atom. The van der Waals surface area contributed by atoms with E-state index in [0.29, 0.717) is 19.4 Å². The van der Waals surface area contributed by atoms with Crippen molar-refractivity contribution in [3.63, 3.8) is 0 Å². The molecule has 1 aliphatic rings. The van der Waals surface area contributed by atoms with E-state index < -0.39 is 23.7 Å². The van der Waals surface area contributed by atoms with Crippen molar-refractivity contribution in [2.45, 2.75) is 18.9 Å². The van der Waals surface area contributed by atoms with Crippen LogP contribution in [0, 0.1) is 5.82 Å². The van der Waals surface area contributed by atoms with Crippen molar-refractivity contribution in [1.82, 2.24) is 9.88 Å². The topological polar surface area (TPSA) is 76.3 Å². The van der Waals surface area contributed by atoms with E-state index in [1.54, 1.807) is 0 Å². The summed E-state index contributed by atoms with van der Waals surface area (Å²) in [4.78, 5) is 28.1. The first-order valence-electron chi connectivity index (χ1n) is 5.31. The standard InChI is InChI=1S/C11H12FN3O2/c12-8-6-14-4-3-7(8)11(17)15-5-1-2-9(15)10(13)16/h3-4,6,9H,1-2,5H2,(H2,13,16). The van der Waals surface area contributed by atoms with Crippen molar-refractivity contribution in [3.05, 3.63) is 29.8 Å². The molecule has 1 aliphatic heterocycles. The molecule has 2 N–H and O–H groups in total. The molecular weight excluding hydrogens is 225 g/mol. The number of likely N-dealkylation sites (tertiary alicyclic amines) is 1. The molecule has 0 aromatic carbocycles. The van der Waals surface area contributed by atoms with E-state index in [0.717, 1.165) is 6.20 Å². The number of carbonyl (C=O) groups is 2. The number of carbonyl (C=O) groups excluding carboxylic acids is 2. The van der Waals surface area contributed by atoms with Crippen molar-refractivity contribution >= 4 is 11.8 Å². The van der Waals surface area contributed by atoms with Crippen LogP contribution in [0.15, 0.2) is 18.5 Å². The van der Waals surface area contributed by atoms with Gasteiger partial charge in [0.25, 0.3) is 5.91 Å². The largest absolute Gasteiger partial charge is 0.368 e. The second-order valence-electron chi connectivity index (χ2n) is 3.91. The van der Waals surface area contributed by atoms with Crippen molar-refractivity contribution in [2.24, 2.45) is 5.73 Å². The minimum absolute atomic E-state index is 0.0758. The van der Waals surface area contributed by atoms with Crippen molar-refractivity contribution < 1.29 is 14.0 Å². The van der Waals surface area contributed by atoms with E-state index in [1.807, 2.05) is 0 Å². The molecule has 1 fully saturated rings. The first-order chi connectivity index (χ1) is 8.11. The molecule has 0 spiro atoms. The predicted molar refractivity (Wildman–Crippen MR) is 57.4 cm³/mol. The van der Waals surface area contributed by atoms with Crippen LogP contribution in [0.25, 0.3) is 0 Å². The molecular formula is C11H12FN3O2. The lowest BCUT2D eigenvalue weighted by Gasteiger charge is -2.22. The van der Waals surface area contributed by atoms with Gasteiger partial charge in [-0.1, -0.05) is 0 Å². The maximum Gasteiger partial charge on any atom is 0.257 e. The fourth-order valence-corrected chi connectivity index (χ4v) is 2.01. The number of primary amides is 1. The fraction of sp³-hybridized carbons (Fsp3) is 0.364. The highest BCUT2D eigenvalue weighted by molar-refractivity contribution is 5.97.